The third-order valence-corrected chi connectivity index (χ3v) is 4.29. The Morgan fingerprint density at radius 1 is 1.12 bits per heavy atom. The normalized spacial score (nSPS) is 21.9. The van der Waals surface area contributed by atoms with E-state index in [4.69, 9.17) is 4.74 Å². The first-order valence-corrected chi connectivity index (χ1v) is 8.99. The lowest BCUT2D eigenvalue weighted by atomic mass is 10.1. The van der Waals surface area contributed by atoms with Crippen LogP contribution in [0.5, 0.6) is 0 Å². The Labute approximate surface area is 149 Å². The summed E-state index contributed by atoms with van der Waals surface area (Å²) in [6, 6.07) is -0.468. The molecule has 1 unspecified atom stereocenters. The topological polar surface area (TPSA) is 91.0 Å². The van der Waals surface area contributed by atoms with Crippen molar-refractivity contribution in [1.82, 2.24) is 20.4 Å². The van der Waals surface area contributed by atoms with Gasteiger partial charge in [0.15, 0.2) is 0 Å². The van der Waals surface area contributed by atoms with Crippen molar-refractivity contribution in [2.24, 2.45) is 0 Å². The van der Waals surface area contributed by atoms with Crippen molar-refractivity contribution < 1.29 is 19.1 Å². The van der Waals surface area contributed by atoms with Crippen LogP contribution in [0.2, 0.25) is 0 Å². The second-order valence-corrected chi connectivity index (χ2v) is 7.67. The SMILES string of the molecule is CC(C)(C)NC(=O)NC(=O)CCN1CCN(C(=O)C2CCCO2)CC1. The quantitative estimate of drug-likeness (QED) is 0.759. The maximum Gasteiger partial charge on any atom is 0.321 e. The molecule has 25 heavy (non-hydrogen) atoms. The summed E-state index contributed by atoms with van der Waals surface area (Å²) >= 11 is 0. The molecule has 0 aromatic carbocycles. The second-order valence-electron chi connectivity index (χ2n) is 7.67. The number of amides is 4. The van der Waals surface area contributed by atoms with Gasteiger partial charge in [0.25, 0.3) is 5.91 Å². The fourth-order valence-corrected chi connectivity index (χ4v) is 2.99. The van der Waals surface area contributed by atoms with Gasteiger partial charge in [-0.3, -0.25) is 19.8 Å². The number of carbonyl (C=O) groups excluding carboxylic acids is 3. The molecule has 8 nitrogen and oxygen atoms in total. The lowest BCUT2D eigenvalue weighted by molar-refractivity contribution is -0.142. The predicted octanol–water partition coefficient (Wildman–Crippen LogP) is 0.324. The molecule has 2 aliphatic rings. The van der Waals surface area contributed by atoms with Crippen molar-refractivity contribution >= 4 is 17.8 Å². The van der Waals surface area contributed by atoms with Crippen LogP contribution in [-0.4, -0.2) is 78.6 Å². The zero-order valence-corrected chi connectivity index (χ0v) is 15.5. The maximum atomic E-state index is 12.3. The number of hydrogen-bond acceptors (Lipinski definition) is 5. The molecule has 2 saturated heterocycles. The first-order chi connectivity index (χ1) is 11.7. The molecule has 8 heteroatoms. The highest BCUT2D eigenvalue weighted by atomic mass is 16.5. The molecule has 2 N–H and O–H groups in total. The lowest BCUT2D eigenvalue weighted by Crippen LogP contribution is -2.52. The molecule has 0 spiro atoms. The zero-order valence-electron chi connectivity index (χ0n) is 15.5. The van der Waals surface area contributed by atoms with E-state index in [1.54, 1.807) is 0 Å². The summed E-state index contributed by atoms with van der Waals surface area (Å²) in [6.45, 7) is 9.61. The van der Waals surface area contributed by atoms with E-state index < -0.39 is 6.03 Å². The van der Waals surface area contributed by atoms with Gasteiger partial charge >= 0.3 is 6.03 Å². The second kappa shape index (κ2) is 8.62. The minimum absolute atomic E-state index is 0.0914. The van der Waals surface area contributed by atoms with E-state index >= 15 is 0 Å². The lowest BCUT2D eigenvalue weighted by Gasteiger charge is -2.35. The number of rotatable bonds is 4. The van der Waals surface area contributed by atoms with E-state index in [0.717, 1.165) is 25.9 Å². The van der Waals surface area contributed by atoms with Gasteiger partial charge in [0.2, 0.25) is 5.91 Å². The zero-order chi connectivity index (χ0) is 18.4. The molecule has 142 valence electrons. The van der Waals surface area contributed by atoms with E-state index in [0.29, 0.717) is 26.2 Å². The monoisotopic (exact) mass is 354 g/mol. The van der Waals surface area contributed by atoms with Gasteiger partial charge in [-0.25, -0.2) is 4.79 Å². The number of piperazine rings is 1. The Kier molecular flexibility index (Phi) is 6.78. The standard InChI is InChI=1S/C17H30N4O4/c1-17(2,3)19-16(24)18-14(22)6-7-20-8-10-21(11-9-20)15(23)13-5-4-12-25-13/h13H,4-12H2,1-3H3,(H2,18,19,22,24). The van der Waals surface area contributed by atoms with Crippen LogP contribution in [0.25, 0.3) is 0 Å². The number of nitrogens with zero attached hydrogens (tertiary/aromatic N) is 2. The summed E-state index contributed by atoms with van der Waals surface area (Å²) in [5.41, 5.74) is -0.379. The van der Waals surface area contributed by atoms with E-state index in [9.17, 15) is 14.4 Å². The van der Waals surface area contributed by atoms with Crippen LogP contribution >= 0.6 is 0 Å². The Bertz CT molecular complexity index is 489. The van der Waals surface area contributed by atoms with E-state index in [2.05, 4.69) is 15.5 Å². The first kappa shape index (κ1) is 19.7. The Hall–Kier alpha value is -1.67. The summed E-state index contributed by atoms with van der Waals surface area (Å²) in [6.07, 6.45) is 1.76. The first-order valence-electron chi connectivity index (χ1n) is 8.99. The van der Waals surface area contributed by atoms with Gasteiger partial charge in [0.05, 0.1) is 0 Å². The van der Waals surface area contributed by atoms with Gasteiger partial charge < -0.3 is 15.0 Å². The van der Waals surface area contributed by atoms with Crippen LogP contribution in [0, 0.1) is 0 Å². The number of carbonyl (C=O) groups is 3. The van der Waals surface area contributed by atoms with E-state index in [1.807, 2.05) is 25.7 Å². The Balaban J connectivity index is 1.64. The number of imide groups is 1. The molecular weight excluding hydrogens is 324 g/mol. The maximum absolute atomic E-state index is 12.3. The summed E-state index contributed by atoms with van der Waals surface area (Å²) < 4.78 is 5.45. The minimum atomic E-state index is -0.468. The number of nitrogens with one attached hydrogen (secondary N) is 2. The van der Waals surface area contributed by atoms with Crippen LogP contribution in [0.1, 0.15) is 40.0 Å². The van der Waals surface area contributed by atoms with E-state index in [1.165, 1.54) is 0 Å². The fourth-order valence-electron chi connectivity index (χ4n) is 2.99. The van der Waals surface area contributed by atoms with Gasteiger partial charge in [-0.05, 0) is 33.6 Å². The Morgan fingerprint density at radius 3 is 2.36 bits per heavy atom. The highest BCUT2D eigenvalue weighted by Gasteiger charge is 2.30. The van der Waals surface area contributed by atoms with Gasteiger partial charge in [0.1, 0.15) is 6.10 Å². The van der Waals surface area contributed by atoms with Crippen molar-refractivity contribution in [2.45, 2.75) is 51.7 Å². The molecule has 0 aromatic rings. The molecule has 0 aromatic heterocycles. The number of ether oxygens (including phenoxy) is 1. The molecule has 4 amide bonds. The molecule has 0 aliphatic carbocycles. The van der Waals surface area contributed by atoms with Crippen molar-refractivity contribution in [3.8, 4) is 0 Å². The van der Waals surface area contributed by atoms with Crippen molar-refractivity contribution in [1.29, 1.82) is 0 Å². The van der Waals surface area contributed by atoms with Crippen LogP contribution in [0.3, 0.4) is 0 Å². The summed E-state index contributed by atoms with van der Waals surface area (Å²) in [5.74, 6) is -0.201. The highest BCUT2D eigenvalue weighted by molar-refractivity contribution is 5.94. The minimum Gasteiger partial charge on any atom is -0.368 e. The molecule has 0 radical (unpaired) electrons. The average Bonchev–Trinajstić information content (AvgIpc) is 3.05. The van der Waals surface area contributed by atoms with Crippen LogP contribution in [0.15, 0.2) is 0 Å². The smallest absolute Gasteiger partial charge is 0.321 e. The fraction of sp³-hybridized carbons (Fsp3) is 0.824. The summed E-state index contributed by atoms with van der Waals surface area (Å²) in [7, 11) is 0. The molecule has 1 atom stereocenters. The summed E-state index contributed by atoms with van der Waals surface area (Å²) in [5, 5.41) is 5.04. The molecule has 0 bridgehead atoms. The van der Waals surface area contributed by atoms with Crippen LogP contribution < -0.4 is 10.6 Å². The van der Waals surface area contributed by atoms with Gasteiger partial charge in [0, 0.05) is 51.3 Å². The molecule has 2 aliphatic heterocycles. The van der Waals surface area contributed by atoms with Crippen LogP contribution in [0.4, 0.5) is 4.79 Å². The van der Waals surface area contributed by atoms with Crippen molar-refractivity contribution in [2.75, 3.05) is 39.3 Å². The third kappa shape index (κ3) is 6.62. The van der Waals surface area contributed by atoms with Crippen molar-refractivity contribution in [3.05, 3.63) is 0 Å². The molecule has 2 rings (SSSR count). The molecular formula is C17H30N4O4. The molecule has 0 saturated carbocycles. The number of urea groups is 1. The van der Waals surface area contributed by atoms with Gasteiger partial charge in [-0.2, -0.15) is 0 Å². The van der Waals surface area contributed by atoms with E-state index in [-0.39, 0.29) is 29.9 Å². The number of hydrogen-bond donors (Lipinski definition) is 2. The summed E-state index contributed by atoms with van der Waals surface area (Å²) in [4.78, 5) is 39.8. The third-order valence-electron chi connectivity index (χ3n) is 4.29. The predicted molar refractivity (Wildman–Crippen MR) is 93.0 cm³/mol. The van der Waals surface area contributed by atoms with Crippen LogP contribution in [-0.2, 0) is 14.3 Å². The van der Waals surface area contributed by atoms with Crippen molar-refractivity contribution in [3.63, 3.8) is 0 Å². The molecule has 2 heterocycles. The highest BCUT2D eigenvalue weighted by Crippen LogP contribution is 2.16. The Morgan fingerprint density at radius 2 is 1.80 bits per heavy atom. The average molecular weight is 354 g/mol. The van der Waals surface area contributed by atoms with Gasteiger partial charge in [-0.1, -0.05) is 0 Å². The molecule has 2 fully saturated rings. The largest absolute Gasteiger partial charge is 0.368 e. The van der Waals surface area contributed by atoms with Gasteiger partial charge in [-0.15, -0.1) is 0 Å².